The average Bonchev–Trinajstić information content (AvgIpc) is 2.39. The van der Waals surface area contributed by atoms with E-state index in [1.165, 1.54) is 0 Å². The van der Waals surface area contributed by atoms with Crippen LogP contribution in [0.25, 0.3) is 0 Å². The summed E-state index contributed by atoms with van der Waals surface area (Å²) in [5, 5.41) is 3.33. The van der Waals surface area contributed by atoms with Crippen LogP contribution in [-0.4, -0.2) is 44.2 Å². The largest absolute Gasteiger partial charge is 0.397 e. The highest BCUT2D eigenvalue weighted by atomic mass is 35.5. The van der Waals surface area contributed by atoms with E-state index in [-0.39, 0.29) is 11.9 Å². The molecule has 1 unspecified atom stereocenters. The molecule has 0 aromatic heterocycles. The Labute approximate surface area is 125 Å². The van der Waals surface area contributed by atoms with Gasteiger partial charge in [-0.3, -0.25) is 4.79 Å². The number of amides is 1. The number of anilines is 2. The van der Waals surface area contributed by atoms with Crippen LogP contribution >= 0.6 is 11.6 Å². The van der Waals surface area contributed by atoms with Crippen molar-refractivity contribution >= 4 is 28.9 Å². The quantitative estimate of drug-likeness (QED) is 0.758. The second-order valence-corrected chi connectivity index (χ2v) is 5.25. The maximum Gasteiger partial charge on any atom is 0.225 e. The number of ether oxygens (including phenoxy) is 1. The van der Waals surface area contributed by atoms with Gasteiger partial charge in [0.15, 0.2) is 0 Å². The zero-order valence-electron chi connectivity index (χ0n) is 12.1. The number of benzene rings is 1. The molecule has 1 amide bonds. The molecule has 0 spiro atoms. The van der Waals surface area contributed by atoms with Crippen molar-refractivity contribution < 1.29 is 9.53 Å². The van der Waals surface area contributed by atoms with E-state index in [0.29, 0.717) is 36.0 Å². The summed E-state index contributed by atoms with van der Waals surface area (Å²) in [5.74, 6) is -0.0736. The number of carbonyl (C=O) groups excluding carboxylic acids is 1. The van der Waals surface area contributed by atoms with E-state index in [2.05, 4.69) is 17.1 Å². The van der Waals surface area contributed by atoms with Crippen LogP contribution in [0.15, 0.2) is 18.2 Å². The molecule has 1 aromatic rings. The lowest BCUT2D eigenvalue weighted by Crippen LogP contribution is -2.35. The SMILES string of the molecule is COCC(C)N(C)CCC(=O)Nc1ccc(Cl)cc1N. The second kappa shape index (κ2) is 8.09. The Morgan fingerprint density at radius 3 is 2.85 bits per heavy atom. The molecule has 6 heteroatoms. The summed E-state index contributed by atoms with van der Waals surface area (Å²) in [7, 11) is 3.63. The summed E-state index contributed by atoms with van der Waals surface area (Å²) in [4.78, 5) is 14.0. The summed E-state index contributed by atoms with van der Waals surface area (Å²) in [6, 6.07) is 5.28. The molecule has 0 aliphatic rings. The number of hydrogen-bond donors (Lipinski definition) is 2. The molecule has 0 saturated carbocycles. The molecular formula is C14H22ClN3O2. The minimum atomic E-state index is -0.0736. The number of likely N-dealkylation sites (N-methyl/N-ethyl adjacent to an activating group) is 1. The summed E-state index contributed by atoms with van der Waals surface area (Å²) < 4.78 is 5.08. The second-order valence-electron chi connectivity index (χ2n) is 4.81. The van der Waals surface area contributed by atoms with Crippen molar-refractivity contribution in [3.63, 3.8) is 0 Å². The molecule has 1 rings (SSSR count). The van der Waals surface area contributed by atoms with Crippen molar-refractivity contribution in [2.75, 3.05) is 38.4 Å². The van der Waals surface area contributed by atoms with Gasteiger partial charge in [0.25, 0.3) is 0 Å². The first-order valence-electron chi connectivity index (χ1n) is 6.48. The number of nitrogens with one attached hydrogen (secondary N) is 1. The van der Waals surface area contributed by atoms with Crippen molar-refractivity contribution in [3.05, 3.63) is 23.2 Å². The normalized spacial score (nSPS) is 12.4. The molecule has 0 aliphatic carbocycles. The monoisotopic (exact) mass is 299 g/mol. The highest BCUT2D eigenvalue weighted by Gasteiger charge is 2.11. The van der Waals surface area contributed by atoms with Gasteiger partial charge in [0.2, 0.25) is 5.91 Å². The van der Waals surface area contributed by atoms with Crippen LogP contribution in [0.5, 0.6) is 0 Å². The molecule has 1 atom stereocenters. The molecule has 20 heavy (non-hydrogen) atoms. The highest BCUT2D eigenvalue weighted by Crippen LogP contribution is 2.22. The molecular weight excluding hydrogens is 278 g/mol. The van der Waals surface area contributed by atoms with Crippen molar-refractivity contribution in [2.45, 2.75) is 19.4 Å². The highest BCUT2D eigenvalue weighted by molar-refractivity contribution is 6.31. The number of methoxy groups -OCH3 is 1. The van der Waals surface area contributed by atoms with Crippen molar-refractivity contribution in [1.29, 1.82) is 0 Å². The van der Waals surface area contributed by atoms with E-state index in [9.17, 15) is 4.79 Å². The van der Waals surface area contributed by atoms with E-state index < -0.39 is 0 Å². The lowest BCUT2D eigenvalue weighted by Gasteiger charge is -2.23. The van der Waals surface area contributed by atoms with Crippen molar-refractivity contribution in [1.82, 2.24) is 4.90 Å². The van der Waals surface area contributed by atoms with Crippen LogP contribution in [0.3, 0.4) is 0 Å². The third-order valence-corrected chi connectivity index (χ3v) is 3.37. The molecule has 5 nitrogen and oxygen atoms in total. The van der Waals surface area contributed by atoms with Gasteiger partial charge >= 0.3 is 0 Å². The number of nitrogens with two attached hydrogens (primary N) is 1. The molecule has 0 heterocycles. The van der Waals surface area contributed by atoms with Crippen LogP contribution in [0.4, 0.5) is 11.4 Å². The Balaban J connectivity index is 2.44. The minimum Gasteiger partial charge on any atom is -0.397 e. The number of rotatable bonds is 7. The predicted molar refractivity (Wildman–Crippen MR) is 83.1 cm³/mol. The Hall–Kier alpha value is -1.30. The smallest absolute Gasteiger partial charge is 0.225 e. The Morgan fingerprint density at radius 2 is 2.25 bits per heavy atom. The van der Waals surface area contributed by atoms with Crippen LogP contribution in [0.2, 0.25) is 5.02 Å². The molecule has 0 saturated heterocycles. The number of hydrogen-bond acceptors (Lipinski definition) is 4. The molecule has 0 radical (unpaired) electrons. The molecule has 0 fully saturated rings. The van der Waals surface area contributed by atoms with Gasteiger partial charge in [-0.05, 0) is 32.2 Å². The Bertz CT molecular complexity index is 454. The fourth-order valence-corrected chi connectivity index (χ4v) is 1.91. The number of nitrogens with zero attached hydrogens (tertiary/aromatic N) is 1. The fourth-order valence-electron chi connectivity index (χ4n) is 1.73. The topological polar surface area (TPSA) is 67.6 Å². The average molecular weight is 300 g/mol. The predicted octanol–water partition coefficient (Wildman–Crippen LogP) is 2.22. The van der Waals surface area contributed by atoms with Gasteiger partial charge in [-0.15, -0.1) is 0 Å². The van der Waals surface area contributed by atoms with Gasteiger partial charge in [0.05, 0.1) is 18.0 Å². The van der Waals surface area contributed by atoms with Crippen molar-refractivity contribution in [3.8, 4) is 0 Å². The van der Waals surface area contributed by atoms with E-state index in [1.807, 2.05) is 7.05 Å². The first-order valence-corrected chi connectivity index (χ1v) is 6.86. The molecule has 0 aliphatic heterocycles. The summed E-state index contributed by atoms with van der Waals surface area (Å²) in [5.41, 5.74) is 6.84. The van der Waals surface area contributed by atoms with E-state index in [1.54, 1.807) is 25.3 Å². The summed E-state index contributed by atoms with van der Waals surface area (Å²) >= 11 is 5.81. The van der Waals surface area contributed by atoms with E-state index in [4.69, 9.17) is 22.1 Å². The van der Waals surface area contributed by atoms with Gasteiger partial charge in [0.1, 0.15) is 0 Å². The van der Waals surface area contributed by atoms with Crippen molar-refractivity contribution in [2.24, 2.45) is 0 Å². The van der Waals surface area contributed by atoms with Crippen LogP contribution in [0, 0.1) is 0 Å². The summed E-state index contributed by atoms with van der Waals surface area (Å²) in [6.45, 7) is 3.35. The standard InChI is InChI=1S/C14H22ClN3O2/c1-10(9-20-3)18(2)7-6-14(19)17-13-5-4-11(15)8-12(13)16/h4-5,8,10H,6-7,9,16H2,1-3H3,(H,17,19). The third kappa shape index (κ3) is 5.36. The molecule has 0 bridgehead atoms. The lowest BCUT2D eigenvalue weighted by atomic mass is 10.2. The Kier molecular flexibility index (Phi) is 6.78. The van der Waals surface area contributed by atoms with Gasteiger partial charge < -0.3 is 20.7 Å². The van der Waals surface area contributed by atoms with Gasteiger partial charge in [-0.1, -0.05) is 11.6 Å². The van der Waals surface area contributed by atoms with Crippen LogP contribution in [-0.2, 0) is 9.53 Å². The first-order chi connectivity index (χ1) is 9.43. The van der Waals surface area contributed by atoms with E-state index in [0.717, 1.165) is 0 Å². The zero-order chi connectivity index (χ0) is 15.1. The molecule has 3 N–H and O–H groups in total. The van der Waals surface area contributed by atoms with E-state index >= 15 is 0 Å². The van der Waals surface area contributed by atoms with Gasteiger partial charge in [-0.25, -0.2) is 0 Å². The minimum absolute atomic E-state index is 0.0736. The fraction of sp³-hybridized carbons (Fsp3) is 0.500. The number of carbonyl (C=O) groups is 1. The van der Waals surface area contributed by atoms with Crippen LogP contribution < -0.4 is 11.1 Å². The Morgan fingerprint density at radius 1 is 1.55 bits per heavy atom. The van der Waals surface area contributed by atoms with Gasteiger partial charge in [0, 0.05) is 31.1 Å². The lowest BCUT2D eigenvalue weighted by molar-refractivity contribution is -0.116. The maximum atomic E-state index is 11.9. The van der Waals surface area contributed by atoms with Gasteiger partial charge in [-0.2, -0.15) is 0 Å². The summed E-state index contributed by atoms with van der Waals surface area (Å²) in [6.07, 6.45) is 0.395. The zero-order valence-corrected chi connectivity index (χ0v) is 12.9. The maximum absolute atomic E-state index is 11.9. The first kappa shape index (κ1) is 16.8. The third-order valence-electron chi connectivity index (χ3n) is 3.14. The van der Waals surface area contributed by atoms with Crippen LogP contribution in [0.1, 0.15) is 13.3 Å². The number of nitrogen functional groups attached to an aromatic ring is 1. The molecule has 1 aromatic carbocycles. The number of halogens is 1. The molecule has 112 valence electrons.